The summed E-state index contributed by atoms with van der Waals surface area (Å²) in [6.07, 6.45) is 8.53. The number of terminal acetylenes is 1. The normalized spacial score (nSPS) is 9.27. The maximum Gasteiger partial charge on any atom is 0.306 e. The van der Waals surface area contributed by atoms with Gasteiger partial charge < -0.3 is 9.84 Å². The summed E-state index contributed by atoms with van der Waals surface area (Å²) in [6.45, 7) is 0.0256. The van der Waals surface area contributed by atoms with Crippen molar-refractivity contribution in [3.05, 3.63) is 0 Å². The van der Waals surface area contributed by atoms with Gasteiger partial charge in [-0.3, -0.25) is 9.59 Å². The number of carbonyl (C=O) groups is 2. The summed E-state index contributed by atoms with van der Waals surface area (Å²) >= 11 is 0. The Morgan fingerprint density at radius 2 is 1.73 bits per heavy atom. The maximum absolute atomic E-state index is 10.9. The summed E-state index contributed by atoms with van der Waals surface area (Å²) < 4.78 is 4.67. The number of carboxylic acid groups (broad SMARTS) is 1. The van der Waals surface area contributed by atoms with Crippen molar-refractivity contribution in [1.82, 2.24) is 0 Å². The fourth-order valence-electron chi connectivity index (χ4n) is 1.09. The molecule has 4 nitrogen and oxygen atoms in total. The quantitative estimate of drug-likeness (QED) is 0.377. The molecule has 0 saturated carbocycles. The zero-order chi connectivity index (χ0) is 11.5. The van der Waals surface area contributed by atoms with E-state index in [4.69, 9.17) is 11.5 Å². The SMILES string of the molecule is C#CCOC(=O)CCCCCCC(=O)O. The van der Waals surface area contributed by atoms with Gasteiger partial charge >= 0.3 is 11.9 Å². The molecule has 0 amide bonds. The molecule has 0 aliphatic rings. The van der Waals surface area contributed by atoms with Crippen LogP contribution in [-0.2, 0) is 14.3 Å². The molecule has 15 heavy (non-hydrogen) atoms. The van der Waals surface area contributed by atoms with Crippen molar-refractivity contribution >= 4 is 11.9 Å². The molecule has 84 valence electrons. The van der Waals surface area contributed by atoms with E-state index in [2.05, 4.69) is 10.7 Å². The summed E-state index contributed by atoms with van der Waals surface area (Å²) in [6, 6.07) is 0. The lowest BCUT2D eigenvalue weighted by Gasteiger charge is -2.00. The van der Waals surface area contributed by atoms with Crippen molar-refractivity contribution in [3.63, 3.8) is 0 Å². The van der Waals surface area contributed by atoms with Gasteiger partial charge in [-0.15, -0.1) is 6.42 Å². The number of ether oxygens (including phenoxy) is 1. The van der Waals surface area contributed by atoms with E-state index in [1.54, 1.807) is 0 Å². The van der Waals surface area contributed by atoms with Crippen LogP contribution in [0.25, 0.3) is 0 Å². The summed E-state index contributed by atoms with van der Waals surface area (Å²) in [5.41, 5.74) is 0. The van der Waals surface area contributed by atoms with Gasteiger partial charge in [0, 0.05) is 12.8 Å². The largest absolute Gasteiger partial charge is 0.481 e. The summed E-state index contributed by atoms with van der Waals surface area (Å²) in [5, 5.41) is 8.36. The topological polar surface area (TPSA) is 63.6 Å². The lowest BCUT2D eigenvalue weighted by Crippen LogP contribution is -2.04. The van der Waals surface area contributed by atoms with E-state index in [0.717, 1.165) is 19.3 Å². The molecule has 0 radical (unpaired) electrons. The van der Waals surface area contributed by atoms with Gasteiger partial charge in [0.05, 0.1) is 0 Å². The maximum atomic E-state index is 10.9. The molecule has 1 N–H and O–H groups in total. The Bertz CT molecular complexity index is 239. The summed E-state index contributed by atoms with van der Waals surface area (Å²) in [5.74, 6) is 1.15. The predicted octanol–water partition coefficient (Wildman–Crippen LogP) is 1.59. The second kappa shape index (κ2) is 9.07. The predicted molar refractivity (Wildman–Crippen MR) is 55.1 cm³/mol. The van der Waals surface area contributed by atoms with Gasteiger partial charge in [0.1, 0.15) is 0 Å². The Morgan fingerprint density at radius 1 is 1.13 bits per heavy atom. The van der Waals surface area contributed by atoms with E-state index in [1.165, 1.54) is 0 Å². The van der Waals surface area contributed by atoms with Crippen LogP contribution < -0.4 is 0 Å². The zero-order valence-corrected chi connectivity index (χ0v) is 8.70. The van der Waals surface area contributed by atoms with E-state index >= 15 is 0 Å². The third-order valence-corrected chi connectivity index (χ3v) is 1.84. The lowest BCUT2D eigenvalue weighted by molar-refractivity contribution is -0.142. The average Bonchev–Trinajstić information content (AvgIpc) is 2.19. The zero-order valence-electron chi connectivity index (χ0n) is 8.70. The van der Waals surface area contributed by atoms with E-state index < -0.39 is 5.97 Å². The number of carbonyl (C=O) groups excluding carboxylic acids is 1. The third-order valence-electron chi connectivity index (χ3n) is 1.84. The molecule has 0 atom stereocenters. The van der Waals surface area contributed by atoms with Crippen molar-refractivity contribution in [3.8, 4) is 12.3 Å². The molecule has 4 heteroatoms. The fourth-order valence-corrected chi connectivity index (χ4v) is 1.09. The molecule has 0 rings (SSSR count). The number of rotatable bonds is 8. The Morgan fingerprint density at radius 3 is 2.27 bits per heavy atom. The van der Waals surface area contributed by atoms with Crippen molar-refractivity contribution in [1.29, 1.82) is 0 Å². The number of hydrogen-bond acceptors (Lipinski definition) is 3. The highest BCUT2D eigenvalue weighted by Crippen LogP contribution is 2.05. The Hall–Kier alpha value is -1.50. The third kappa shape index (κ3) is 10.4. The number of hydrogen-bond donors (Lipinski definition) is 1. The highest BCUT2D eigenvalue weighted by Gasteiger charge is 2.01. The molecule has 0 aromatic carbocycles. The van der Waals surface area contributed by atoms with Crippen LogP contribution in [0, 0.1) is 12.3 Å². The fraction of sp³-hybridized carbons (Fsp3) is 0.636. The second-order valence-electron chi connectivity index (χ2n) is 3.17. The molecule has 0 bridgehead atoms. The van der Waals surface area contributed by atoms with Gasteiger partial charge in [-0.25, -0.2) is 0 Å². The minimum absolute atomic E-state index is 0.0256. The molecule has 0 aliphatic carbocycles. The molecule has 0 aromatic rings. The molecule has 0 heterocycles. The van der Waals surface area contributed by atoms with Crippen LogP contribution in [0.2, 0.25) is 0 Å². The minimum Gasteiger partial charge on any atom is -0.481 e. The molecule has 0 aliphatic heterocycles. The summed E-state index contributed by atoms with van der Waals surface area (Å²) in [4.78, 5) is 21.1. The van der Waals surface area contributed by atoms with E-state index in [0.29, 0.717) is 12.8 Å². The monoisotopic (exact) mass is 212 g/mol. The molecular formula is C11H16O4. The van der Waals surface area contributed by atoms with Crippen molar-refractivity contribution in [2.75, 3.05) is 6.61 Å². The molecular weight excluding hydrogens is 196 g/mol. The van der Waals surface area contributed by atoms with Crippen LogP contribution in [0.4, 0.5) is 0 Å². The first-order valence-electron chi connectivity index (χ1n) is 4.97. The van der Waals surface area contributed by atoms with Gasteiger partial charge in [-0.1, -0.05) is 18.8 Å². The van der Waals surface area contributed by atoms with Crippen LogP contribution in [-0.4, -0.2) is 23.7 Å². The molecule has 0 spiro atoms. The van der Waals surface area contributed by atoms with Crippen molar-refractivity contribution < 1.29 is 19.4 Å². The highest BCUT2D eigenvalue weighted by atomic mass is 16.5. The second-order valence-corrected chi connectivity index (χ2v) is 3.17. The van der Waals surface area contributed by atoms with Gasteiger partial charge in [0.25, 0.3) is 0 Å². The van der Waals surface area contributed by atoms with E-state index in [9.17, 15) is 9.59 Å². The van der Waals surface area contributed by atoms with Crippen LogP contribution in [0.3, 0.4) is 0 Å². The first kappa shape index (κ1) is 13.5. The Balaban J connectivity index is 3.20. The molecule has 0 aromatic heterocycles. The van der Waals surface area contributed by atoms with Crippen LogP contribution in [0.1, 0.15) is 38.5 Å². The number of esters is 1. The number of carboxylic acids is 1. The van der Waals surface area contributed by atoms with E-state index in [-0.39, 0.29) is 19.0 Å². The molecule has 0 unspecified atom stereocenters. The first-order chi connectivity index (χ1) is 7.16. The van der Waals surface area contributed by atoms with Gasteiger partial charge in [-0.2, -0.15) is 0 Å². The van der Waals surface area contributed by atoms with E-state index in [1.807, 2.05) is 0 Å². The molecule has 0 saturated heterocycles. The van der Waals surface area contributed by atoms with Crippen molar-refractivity contribution in [2.24, 2.45) is 0 Å². The van der Waals surface area contributed by atoms with Gasteiger partial charge in [0.2, 0.25) is 0 Å². The van der Waals surface area contributed by atoms with Crippen molar-refractivity contribution in [2.45, 2.75) is 38.5 Å². The summed E-state index contributed by atoms with van der Waals surface area (Å²) in [7, 11) is 0. The number of aliphatic carboxylic acids is 1. The standard InChI is InChI=1S/C11H16O4/c1-2-9-15-11(14)8-6-4-3-5-7-10(12)13/h1H,3-9H2,(H,12,13). The Kier molecular flexibility index (Phi) is 8.16. The van der Waals surface area contributed by atoms with Crippen LogP contribution >= 0.6 is 0 Å². The molecule has 0 fully saturated rings. The van der Waals surface area contributed by atoms with Gasteiger partial charge in [-0.05, 0) is 12.8 Å². The highest BCUT2D eigenvalue weighted by molar-refractivity contribution is 5.69. The average molecular weight is 212 g/mol. The van der Waals surface area contributed by atoms with Crippen LogP contribution in [0.5, 0.6) is 0 Å². The smallest absolute Gasteiger partial charge is 0.306 e. The lowest BCUT2D eigenvalue weighted by atomic mass is 10.1. The van der Waals surface area contributed by atoms with Gasteiger partial charge in [0.15, 0.2) is 6.61 Å². The van der Waals surface area contributed by atoms with Crippen LogP contribution in [0.15, 0.2) is 0 Å². The number of unbranched alkanes of at least 4 members (excludes halogenated alkanes) is 3. The Labute approximate surface area is 89.6 Å². The first-order valence-corrected chi connectivity index (χ1v) is 4.97. The minimum atomic E-state index is -0.775.